The van der Waals surface area contributed by atoms with Crippen LogP contribution in [0.15, 0.2) is 243 Å². The molecule has 292 valence electrons. The van der Waals surface area contributed by atoms with Crippen molar-refractivity contribution < 1.29 is 0 Å². The molecule has 62 heavy (non-hydrogen) atoms. The first-order valence-electron chi connectivity index (χ1n) is 21.2. The topological polar surface area (TPSA) is 14.7 Å². The highest BCUT2D eigenvalue weighted by Gasteiger charge is 2.30. The van der Waals surface area contributed by atoms with Gasteiger partial charge in [0.25, 0.3) is 0 Å². The Labute approximate surface area is 361 Å². The van der Waals surface area contributed by atoms with Crippen LogP contribution in [0.4, 0.5) is 51.2 Å². The van der Waals surface area contributed by atoms with Crippen molar-refractivity contribution in [1.29, 1.82) is 0 Å². The molecule has 0 N–H and O–H groups in total. The van der Waals surface area contributed by atoms with Crippen LogP contribution in [0.1, 0.15) is 0 Å². The van der Waals surface area contributed by atoms with E-state index in [9.17, 15) is 0 Å². The third-order valence-corrected chi connectivity index (χ3v) is 12.3. The molecule has 1 aliphatic rings. The number of fused-ring (bicyclic) bond motifs is 6. The molecule has 0 radical (unpaired) electrons. The fraction of sp³-hybridized carbons (Fsp3) is 0. The highest BCUT2D eigenvalue weighted by atomic mass is 15.3. The summed E-state index contributed by atoms with van der Waals surface area (Å²) in [5.74, 6) is 0. The van der Waals surface area contributed by atoms with Crippen LogP contribution in [-0.4, -0.2) is 4.57 Å². The van der Waals surface area contributed by atoms with E-state index in [4.69, 9.17) is 0 Å². The third kappa shape index (κ3) is 5.84. The van der Waals surface area contributed by atoms with Crippen molar-refractivity contribution >= 4 is 83.8 Å². The summed E-state index contributed by atoms with van der Waals surface area (Å²) < 4.78 is 2.38. The van der Waals surface area contributed by atoms with Gasteiger partial charge < -0.3 is 19.3 Å². The normalized spacial score (nSPS) is 12.1. The van der Waals surface area contributed by atoms with Crippen LogP contribution in [0.25, 0.3) is 49.4 Å². The number of aromatic nitrogens is 1. The van der Waals surface area contributed by atoms with Gasteiger partial charge in [0, 0.05) is 44.6 Å². The van der Waals surface area contributed by atoms with Crippen LogP contribution in [0, 0.1) is 0 Å². The standard InChI is InChI=1S/C58H40N4/c1-3-18-44(19-4-1)61-55-27-13-14-28-56(55)62(45-20-5-2-6-21-45)58-40-43(32-39-57(58)61)41-30-33-46(34-31-41)59(52-29-15-17-42-16-7-8-22-49(42)52)47-35-37-48(38-36-47)60-53-25-11-9-23-50(53)51-24-10-12-26-54(51)60/h1-40H. The lowest BCUT2D eigenvalue weighted by atomic mass is 9.99. The quantitative estimate of drug-likeness (QED) is 0.160. The Bertz CT molecular complexity index is 3350. The van der Waals surface area contributed by atoms with E-state index in [1.165, 1.54) is 32.6 Å². The van der Waals surface area contributed by atoms with E-state index in [1.54, 1.807) is 0 Å². The number of nitrogens with zero attached hydrogens (tertiary/aromatic N) is 4. The zero-order valence-electron chi connectivity index (χ0n) is 33.9. The summed E-state index contributed by atoms with van der Waals surface area (Å²) in [6.45, 7) is 0. The van der Waals surface area contributed by atoms with Crippen LogP contribution in [0.5, 0.6) is 0 Å². The molecule has 0 spiro atoms. The molecule has 0 fully saturated rings. The molecule has 0 amide bonds. The molecule has 4 heteroatoms. The first-order chi connectivity index (χ1) is 30.8. The van der Waals surface area contributed by atoms with E-state index in [1.807, 2.05) is 0 Å². The van der Waals surface area contributed by atoms with E-state index < -0.39 is 0 Å². The van der Waals surface area contributed by atoms with Gasteiger partial charge in [0.05, 0.1) is 39.5 Å². The molecule has 11 aromatic rings. The Morgan fingerprint density at radius 1 is 0.290 bits per heavy atom. The summed E-state index contributed by atoms with van der Waals surface area (Å²) in [7, 11) is 0. The minimum Gasteiger partial charge on any atom is -0.310 e. The first-order valence-corrected chi connectivity index (χ1v) is 21.2. The van der Waals surface area contributed by atoms with Gasteiger partial charge in [-0.25, -0.2) is 0 Å². The first kappa shape index (κ1) is 35.6. The van der Waals surface area contributed by atoms with Crippen molar-refractivity contribution in [1.82, 2.24) is 4.57 Å². The lowest BCUT2D eigenvalue weighted by molar-refractivity contribution is 1.17. The molecule has 10 aromatic carbocycles. The summed E-state index contributed by atoms with van der Waals surface area (Å²) in [4.78, 5) is 7.17. The highest BCUT2D eigenvalue weighted by molar-refractivity contribution is 6.09. The summed E-state index contributed by atoms with van der Waals surface area (Å²) in [5.41, 5.74) is 15.9. The van der Waals surface area contributed by atoms with Crippen molar-refractivity contribution in [3.05, 3.63) is 243 Å². The van der Waals surface area contributed by atoms with Crippen molar-refractivity contribution in [2.45, 2.75) is 0 Å². The minimum absolute atomic E-state index is 1.09. The molecule has 12 rings (SSSR count). The van der Waals surface area contributed by atoms with Crippen molar-refractivity contribution in [2.75, 3.05) is 14.7 Å². The van der Waals surface area contributed by atoms with E-state index in [0.29, 0.717) is 0 Å². The maximum atomic E-state index is 2.40. The van der Waals surface area contributed by atoms with Gasteiger partial charge in [0.2, 0.25) is 0 Å². The van der Waals surface area contributed by atoms with Crippen LogP contribution in [-0.2, 0) is 0 Å². The fourth-order valence-electron chi connectivity index (χ4n) is 9.47. The molecule has 1 aromatic heterocycles. The van der Waals surface area contributed by atoms with E-state index in [-0.39, 0.29) is 0 Å². The second-order valence-corrected chi connectivity index (χ2v) is 15.8. The molecule has 0 aliphatic carbocycles. The highest BCUT2D eigenvalue weighted by Crippen LogP contribution is 2.55. The molecule has 1 aliphatic heterocycles. The van der Waals surface area contributed by atoms with Gasteiger partial charge in [-0.2, -0.15) is 0 Å². The summed E-state index contributed by atoms with van der Waals surface area (Å²) in [6, 6.07) is 87.6. The number of hydrogen-bond acceptors (Lipinski definition) is 3. The molecule has 4 nitrogen and oxygen atoms in total. The molecular formula is C58H40N4. The van der Waals surface area contributed by atoms with Crippen LogP contribution >= 0.6 is 0 Å². The second-order valence-electron chi connectivity index (χ2n) is 15.8. The maximum Gasteiger partial charge on any atom is 0.0709 e. The maximum absolute atomic E-state index is 2.40. The fourth-order valence-corrected chi connectivity index (χ4v) is 9.47. The van der Waals surface area contributed by atoms with Gasteiger partial charge in [-0.1, -0.05) is 140 Å². The molecule has 2 heterocycles. The van der Waals surface area contributed by atoms with Gasteiger partial charge >= 0.3 is 0 Å². The van der Waals surface area contributed by atoms with Crippen molar-refractivity contribution in [3.8, 4) is 16.8 Å². The third-order valence-electron chi connectivity index (χ3n) is 12.3. The lowest BCUT2D eigenvalue weighted by Gasteiger charge is -2.40. The number of para-hydroxylation sites is 6. The minimum atomic E-state index is 1.09. The zero-order chi connectivity index (χ0) is 41.0. The average molecular weight is 793 g/mol. The monoisotopic (exact) mass is 792 g/mol. The average Bonchev–Trinajstić information content (AvgIpc) is 3.68. The largest absolute Gasteiger partial charge is 0.310 e. The van der Waals surface area contributed by atoms with Gasteiger partial charge in [-0.15, -0.1) is 0 Å². The van der Waals surface area contributed by atoms with Crippen molar-refractivity contribution in [2.24, 2.45) is 0 Å². The van der Waals surface area contributed by atoms with E-state index in [2.05, 4.69) is 262 Å². The molecule has 0 bridgehead atoms. The molecular weight excluding hydrogens is 753 g/mol. The Morgan fingerprint density at radius 2 is 0.758 bits per heavy atom. The predicted molar refractivity (Wildman–Crippen MR) is 261 cm³/mol. The van der Waals surface area contributed by atoms with Crippen LogP contribution < -0.4 is 14.7 Å². The second kappa shape index (κ2) is 14.7. The number of hydrogen-bond donors (Lipinski definition) is 0. The molecule has 0 unspecified atom stereocenters. The van der Waals surface area contributed by atoms with Crippen molar-refractivity contribution in [3.63, 3.8) is 0 Å². The lowest BCUT2D eigenvalue weighted by Crippen LogP contribution is -2.24. The van der Waals surface area contributed by atoms with E-state index in [0.717, 1.165) is 68.0 Å². The molecule has 0 saturated carbocycles. The van der Waals surface area contributed by atoms with Gasteiger partial charge in [0.15, 0.2) is 0 Å². The summed E-state index contributed by atoms with van der Waals surface area (Å²) in [6.07, 6.45) is 0. The Morgan fingerprint density at radius 3 is 1.39 bits per heavy atom. The summed E-state index contributed by atoms with van der Waals surface area (Å²) >= 11 is 0. The molecule has 0 saturated heterocycles. The number of rotatable bonds is 7. The zero-order valence-corrected chi connectivity index (χ0v) is 33.9. The van der Waals surface area contributed by atoms with Gasteiger partial charge in [0.1, 0.15) is 0 Å². The molecule has 0 atom stereocenters. The van der Waals surface area contributed by atoms with E-state index >= 15 is 0 Å². The Balaban J connectivity index is 0.970. The Kier molecular flexibility index (Phi) is 8.46. The number of benzene rings is 10. The van der Waals surface area contributed by atoms with Gasteiger partial charge in [-0.3, -0.25) is 0 Å². The smallest absolute Gasteiger partial charge is 0.0709 e. The SMILES string of the molecule is c1ccc(N2c3ccccc3N(c3ccccc3)c3cc(-c4ccc(N(c5ccc(-n6c7ccccc7c7ccccc76)cc5)c5cccc6ccccc56)cc4)ccc32)cc1. The van der Waals surface area contributed by atoms with Gasteiger partial charge in [-0.05, 0) is 120 Å². The Hall–Kier alpha value is -8.34. The van der Waals surface area contributed by atoms with Crippen LogP contribution in [0.3, 0.4) is 0 Å². The summed E-state index contributed by atoms with van der Waals surface area (Å²) in [5, 5.41) is 4.92. The predicted octanol–water partition coefficient (Wildman–Crippen LogP) is 16.3. The number of anilines is 9. The van der Waals surface area contributed by atoms with Crippen LogP contribution in [0.2, 0.25) is 0 Å².